The van der Waals surface area contributed by atoms with Crippen molar-refractivity contribution in [2.75, 3.05) is 5.43 Å². The third-order valence-electron chi connectivity index (χ3n) is 2.96. The van der Waals surface area contributed by atoms with Gasteiger partial charge in [-0.1, -0.05) is 17.7 Å². The van der Waals surface area contributed by atoms with Crippen LogP contribution in [0.5, 0.6) is 0 Å². The molecular formula is C15H17ClN2O. The topological polar surface area (TPSA) is 37.5 Å². The van der Waals surface area contributed by atoms with E-state index in [2.05, 4.69) is 10.5 Å². The molecule has 2 rings (SSSR count). The van der Waals surface area contributed by atoms with E-state index in [0.29, 0.717) is 0 Å². The molecule has 0 saturated heterocycles. The van der Waals surface area contributed by atoms with Gasteiger partial charge in [0.2, 0.25) is 0 Å². The predicted molar refractivity (Wildman–Crippen MR) is 80.2 cm³/mol. The first-order valence-corrected chi connectivity index (χ1v) is 6.49. The Kier molecular flexibility index (Phi) is 3.96. The lowest BCUT2D eigenvalue weighted by molar-refractivity contribution is 0.504. The van der Waals surface area contributed by atoms with Crippen molar-refractivity contribution in [1.82, 2.24) is 0 Å². The number of hydrogen-bond donors (Lipinski definition) is 1. The summed E-state index contributed by atoms with van der Waals surface area (Å²) in [6.45, 7) is 7.78. The van der Waals surface area contributed by atoms with Crippen molar-refractivity contribution in [3.8, 4) is 0 Å². The molecule has 0 bridgehead atoms. The molecule has 0 aliphatic rings. The first-order chi connectivity index (χ1) is 8.97. The number of nitrogens with zero attached hydrogens (tertiary/aromatic N) is 1. The highest BCUT2D eigenvalue weighted by molar-refractivity contribution is 6.31. The summed E-state index contributed by atoms with van der Waals surface area (Å²) in [4.78, 5) is 0. The Hall–Kier alpha value is -1.74. The average molecular weight is 277 g/mol. The van der Waals surface area contributed by atoms with Crippen LogP contribution in [-0.2, 0) is 0 Å². The van der Waals surface area contributed by atoms with Crippen molar-refractivity contribution in [2.45, 2.75) is 27.7 Å². The molecule has 0 radical (unpaired) electrons. The molecule has 2 aromatic rings. The molecule has 100 valence electrons. The van der Waals surface area contributed by atoms with Crippen molar-refractivity contribution in [2.24, 2.45) is 5.10 Å². The van der Waals surface area contributed by atoms with Crippen molar-refractivity contribution < 1.29 is 4.42 Å². The van der Waals surface area contributed by atoms with Crippen LogP contribution in [0.3, 0.4) is 0 Å². The second-order valence-corrected chi connectivity index (χ2v) is 5.01. The SMILES string of the molecule is C/C(=N/Nc1ccc(C)c(Cl)c1)c1cc(C)oc1C. The normalized spacial score (nSPS) is 11.7. The highest BCUT2D eigenvalue weighted by atomic mass is 35.5. The third kappa shape index (κ3) is 3.18. The standard InChI is InChI=1S/C15H17ClN2O/c1-9-5-6-13(8-15(9)16)18-17-11(3)14-7-10(2)19-12(14)4/h5-8,18H,1-4H3/b17-11-. The summed E-state index contributed by atoms with van der Waals surface area (Å²) in [7, 11) is 0. The Balaban J connectivity index is 2.18. The Morgan fingerprint density at radius 2 is 1.95 bits per heavy atom. The molecule has 1 aromatic heterocycles. The van der Waals surface area contributed by atoms with Crippen LogP contribution in [0, 0.1) is 20.8 Å². The number of hydrogen-bond acceptors (Lipinski definition) is 3. The van der Waals surface area contributed by atoms with Crippen LogP contribution >= 0.6 is 11.6 Å². The van der Waals surface area contributed by atoms with E-state index in [9.17, 15) is 0 Å². The van der Waals surface area contributed by atoms with Crippen LogP contribution in [0.25, 0.3) is 0 Å². The van der Waals surface area contributed by atoms with E-state index >= 15 is 0 Å². The summed E-state index contributed by atoms with van der Waals surface area (Å²) >= 11 is 6.07. The number of aryl methyl sites for hydroxylation is 3. The highest BCUT2D eigenvalue weighted by Crippen LogP contribution is 2.20. The largest absolute Gasteiger partial charge is 0.466 e. The van der Waals surface area contributed by atoms with Gasteiger partial charge < -0.3 is 4.42 Å². The number of hydrazone groups is 1. The molecule has 1 aromatic carbocycles. The predicted octanol–water partition coefficient (Wildman–Crippen LogP) is 4.69. The fourth-order valence-electron chi connectivity index (χ4n) is 1.86. The Morgan fingerprint density at radius 3 is 2.53 bits per heavy atom. The molecule has 1 heterocycles. The van der Waals surface area contributed by atoms with Gasteiger partial charge in [0.1, 0.15) is 11.5 Å². The highest BCUT2D eigenvalue weighted by Gasteiger charge is 2.07. The molecule has 19 heavy (non-hydrogen) atoms. The molecule has 3 nitrogen and oxygen atoms in total. The van der Waals surface area contributed by atoms with E-state index in [1.165, 1.54) is 0 Å². The van der Waals surface area contributed by atoms with Crippen LogP contribution < -0.4 is 5.43 Å². The van der Waals surface area contributed by atoms with E-state index in [1.807, 2.05) is 52.0 Å². The van der Waals surface area contributed by atoms with Gasteiger partial charge in [-0.05, 0) is 51.5 Å². The molecule has 0 atom stereocenters. The van der Waals surface area contributed by atoms with Gasteiger partial charge in [0.25, 0.3) is 0 Å². The molecule has 0 amide bonds. The fraction of sp³-hybridized carbons (Fsp3) is 0.267. The maximum Gasteiger partial charge on any atom is 0.110 e. The summed E-state index contributed by atoms with van der Waals surface area (Å²) in [5, 5.41) is 5.09. The smallest absolute Gasteiger partial charge is 0.110 e. The lowest BCUT2D eigenvalue weighted by Crippen LogP contribution is -2.00. The first kappa shape index (κ1) is 13.7. The number of halogens is 1. The maximum atomic E-state index is 6.07. The first-order valence-electron chi connectivity index (χ1n) is 6.11. The molecule has 4 heteroatoms. The van der Waals surface area contributed by atoms with Gasteiger partial charge in [-0.25, -0.2) is 0 Å². The van der Waals surface area contributed by atoms with Crippen molar-refractivity contribution in [1.29, 1.82) is 0 Å². The lowest BCUT2D eigenvalue weighted by atomic mass is 10.2. The van der Waals surface area contributed by atoms with Gasteiger partial charge in [0.05, 0.1) is 11.4 Å². The number of anilines is 1. The quantitative estimate of drug-likeness (QED) is 0.652. The number of furan rings is 1. The monoisotopic (exact) mass is 276 g/mol. The average Bonchev–Trinajstić information content (AvgIpc) is 2.70. The number of nitrogens with one attached hydrogen (secondary N) is 1. The van der Waals surface area contributed by atoms with Crippen molar-refractivity contribution in [3.05, 3.63) is 51.9 Å². The van der Waals surface area contributed by atoms with E-state index in [1.54, 1.807) is 0 Å². The zero-order chi connectivity index (χ0) is 14.0. The summed E-state index contributed by atoms with van der Waals surface area (Å²) in [5.41, 5.74) is 6.83. The minimum Gasteiger partial charge on any atom is -0.466 e. The molecule has 0 unspecified atom stereocenters. The Bertz CT molecular complexity index is 629. The van der Waals surface area contributed by atoms with Crippen LogP contribution in [0.1, 0.15) is 29.6 Å². The summed E-state index contributed by atoms with van der Waals surface area (Å²) in [6.07, 6.45) is 0. The molecule has 0 spiro atoms. The van der Waals surface area contributed by atoms with E-state index in [0.717, 1.165) is 39.1 Å². The number of benzene rings is 1. The minimum absolute atomic E-state index is 0.730. The van der Waals surface area contributed by atoms with E-state index in [-0.39, 0.29) is 0 Å². The van der Waals surface area contributed by atoms with Crippen LogP contribution in [0.4, 0.5) is 5.69 Å². The van der Waals surface area contributed by atoms with Crippen molar-refractivity contribution >= 4 is 23.0 Å². The minimum atomic E-state index is 0.730. The third-order valence-corrected chi connectivity index (χ3v) is 3.36. The van der Waals surface area contributed by atoms with E-state index in [4.69, 9.17) is 16.0 Å². The van der Waals surface area contributed by atoms with E-state index < -0.39 is 0 Å². The van der Waals surface area contributed by atoms with Gasteiger partial charge in [-0.2, -0.15) is 5.10 Å². The van der Waals surface area contributed by atoms with Gasteiger partial charge in [-0.3, -0.25) is 5.43 Å². The van der Waals surface area contributed by atoms with Crippen LogP contribution in [-0.4, -0.2) is 5.71 Å². The molecule has 1 N–H and O–H groups in total. The summed E-state index contributed by atoms with van der Waals surface area (Å²) in [5.74, 6) is 1.77. The summed E-state index contributed by atoms with van der Waals surface area (Å²) in [6, 6.07) is 7.76. The molecule has 0 aliphatic heterocycles. The Labute approximate surface area is 118 Å². The molecule has 0 fully saturated rings. The lowest BCUT2D eigenvalue weighted by Gasteiger charge is -2.04. The maximum absolute atomic E-state index is 6.07. The van der Waals surface area contributed by atoms with Gasteiger partial charge in [-0.15, -0.1) is 0 Å². The molecule has 0 aliphatic carbocycles. The van der Waals surface area contributed by atoms with Gasteiger partial charge >= 0.3 is 0 Å². The zero-order valence-corrected chi connectivity index (χ0v) is 12.3. The fourth-order valence-corrected chi connectivity index (χ4v) is 2.04. The van der Waals surface area contributed by atoms with Crippen molar-refractivity contribution in [3.63, 3.8) is 0 Å². The van der Waals surface area contributed by atoms with Crippen LogP contribution in [0.15, 0.2) is 33.8 Å². The molecule has 0 saturated carbocycles. The second kappa shape index (κ2) is 5.49. The number of rotatable bonds is 3. The Morgan fingerprint density at radius 1 is 1.21 bits per heavy atom. The van der Waals surface area contributed by atoms with Gasteiger partial charge in [0, 0.05) is 10.6 Å². The van der Waals surface area contributed by atoms with Gasteiger partial charge in [0.15, 0.2) is 0 Å². The van der Waals surface area contributed by atoms with Crippen LogP contribution in [0.2, 0.25) is 5.02 Å². The molecular weight excluding hydrogens is 260 g/mol. The summed E-state index contributed by atoms with van der Waals surface area (Å²) < 4.78 is 5.49. The second-order valence-electron chi connectivity index (χ2n) is 4.60. The zero-order valence-electron chi connectivity index (χ0n) is 11.5.